The van der Waals surface area contributed by atoms with Crippen molar-refractivity contribution in [3.8, 4) is 5.75 Å². The van der Waals surface area contributed by atoms with Gasteiger partial charge in [0.1, 0.15) is 11.3 Å². The predicted octanol–water partition coefficient (Wildman–Crippen LogP) is 5.35. The quantitative estimate of drug-likeness (QED) is 0.298. The van der Waals surface area contributed by atoms with E-state index >= 15 is 0 Å². The van der Waals surface area contributed by atoms with Crippen molar-refractivity contribution in [3.63, 3.8) is 0 Å². The fraction of sp³-hybridized carbons (Fsp3) is 0.345. The average Bonchev–Trinajstić information content (AvgIpc) is 3.27. The molecule has 1 heterocycles. The van der Waals surface area contributed by atoms with Gasteiger partial charge < -0.3 is 14.7 Å². The molecule has 1 saturated carbocycles. The second kappa shape index (κ2) is 8.57. The maximum Gasteiger partial charge on any atom is 0.169 e. The Kier molecular flexibility index (Phi) is 5.70. The van der Waals surface area contributed by atoms with E-state index in [0.717, 1.165) is 33.6 Å². The van der Waals surface area contributed by atoms with Crippen molar-refractivity contribution >= 4 is 5.71 Å². The summed E-state index contributed by atoms with van der Waals surface area (Å²) in [5, 5.41) is 18.2. The maximum absolute atomic E-state index is 10.4. The molecule has 0 spiro atoms. The van der Waals surface area contributed by atoms with Gasteiger partial charge in [-0.05, 0) is 49.1 Å². The lowest BCUT2D eigenvalue weighted by Gasteiger charge is -2.43. The molecule has 2 N–H and O–H groups in total. The van der Waals surface area contributed by atoms with E-state index in [-0.39, 0.29) is 5.92 Å². The Morgan fingerprint density at radius 2 is 1.76 bits per heavy atom. The standard InChI is InChI=1S/C29H32N2O3/c1-19-10-12-23(13-11-19)29-24(22-8-6-5-7-9-22)18-26(31-32)28(29,30-14-15-33-4)27-21(3)16-20(2)17-25(27)34-29/h5-13,16-17,24,30,32H,14-15,18H2,1-4H3/b31-26+/t24-,28+,29-/m0/s1. The lowest BCUT2D eigenvalue weighted by Crippen LogP contribution is -2.60. The van der Waals surface area contributed by atoms with Crippen LogP contribution in [0.5, 0.6) is 5.75 Å². The summed E-state index contributed by atoms with van der Waals surface area (Å²) in [4.78, 5) is 0. The molecule has 176 valence electrons. The molecule has 0 radical (unpaired) electrons. The van der Waals surface area contributed by atoms with E-state index in [9.17, 15) is 5.21 Å². The topological polar surface area (TPSA) is 63.1 Å². The van der Waals surface area contributed by atoms with Gasteiger partial charge in [-0.2, -0.15) is 0 Å². The summed E-state index contributed by atoms with van der Waals surface area (Å²) in [6.45, 7) is 7.41. The Morgan fingerprint density at radius 3 is 2.44 bits per heavy atom. The highest BCUT2D eigenvalue weighted by atomic mass is 16.5. The highest BCUT2D eigenvalue weighted by Gasteiger charge is 2.72. The molecule has 34 heavy (non-hydrogen) atoms. The zero-order valence-corrected chi connectivity index (χ0v) is 20.3. The highest BCUT2D eigenvalue weighted by molar-refractivity contribution is 6.01. The first-order valence-corrected chi connectivity index (χ1v) is 11.9. The summed E-state index contributed by atoms with van der Waals surface area (Å²) >= 11 is 0. The summed E-state index contributed by atoms with van der Waals surface area (Å²) in [5.41, 5.74) is 5.70. The number of nitrogens with one attached hydrogen (secondary N) is 1. The number of hydrogen-bond acceptors (Lipinski definition) is 5. The summed E-state index contributed by atoms with van der Waals surface area (Å²) in [5.74, 6) is 0.772. The van der Waals surface area contributed by atoms with Gasteiger partial charge in [-0.25, -0.2) is 0 Å². The predicted molar refractivity (Wildman–Crippen MR) is 134 cm³/mol. The van der Waals surface area contributed by atoms with E-state index in [1.807, 2.05) is 6.07 Å². The number of rotatable bonds is 6. The van der Waals surface area contributed by atoms with Crippen molar-refractivity contribution in [2.24, 2.45) is 5.16 Å². The van der Waals surface area contributed by atoms with Crippen molar-refractivity contribution in [3.05, 3.63) is 100 Å². The zero-order valence-electron chi connectivity index (χ0n) is 20.3. The Labute approximate surface area is 201 Å². The molecule has 1 aliphatic carbocycles. The first kappa shape index (κ1) is 22.6. The van der Waals surface area contributed by atoms with Crippen LogP contribution in [0, 0.1) is 20.8 Å². The van der Waals surface area contributed by atoms with Crippen LogP contribution >= 0.6 is 0 Å². The molecule has 0 saturated heterocycles. The Morgan fingerprint density at radius 1 is 1.03 bits per heavy atom. The van der Waals surface area contributed by atoms with Gasteiger partial charge in [0.25, 0.3) is 0 Å². The molecule has 5 rings (SSSR count). The molecule has 0 aromatic heterocycles. The van der Waals surface area contributed by atoms with Crippen LogP contribution in [0.1, 0.15) is 45.7 Å². The van der Waals surface area contributed by atoms with E-state index in [1.54, 1.807) is 7.11 Å². The smallest absolute Gasteiger partial charge is 0.169 e. The van der Waals surface area contributed by atoms with Crippen molar-refractivity contribution in [2.45, 2.75) is 44.2 Å². The number of nitrogens with zero attached hydrogens (tertiary/aromatic N) is 1. The normalized spacial score (nSPS) is 26.4. The van der Waals surface area contributed by atoms with Crippen LogP contribution in [-0.4, -0.2) is 31.2 Å². The molecule has 5 heteroatoms. The zero-order chi connectivity index (χ0) is 23.9. The lowest BCUT2D eigenvalue weighted by molar-refractivity contribution is 0.0152. The molecular weight excluding hydrogens is 424 g/mol. The third-order valence-corrected chi connectivity index (χ3v) is 7.47. The third-order valence-electron chi connectivity index (χ3n) is 7.47. The fourth-order valence-electron chi connectivity index (χ4n) is 6.20. The van der Waals surface area contributed by atoms with Gasteiger partial charge in [0, 0.05) is 31.6 Å². The van der Waals surface area contributed by atoms with Crippen molar-refractivity contribution in [1.82, 2.24) is 5.32 Å². The maximum atomic E-state index is 10.4. The van der Waals surface area contributed by atoms with Crippen LogP contribution in [-0.2, 0) is 15.9 Å². The van der Waals surface area contributed by atoms with Gasteiger partial charge in [-0.15, -0.1) is 0 Å². The van der Waals surface area contributed by atoms with Gasteiger partial charge in [0.05, 0.1) is 12.3 Å². The minimum atomic E-state index is -0.844. The number of methoxy groups -OCH3 is 1. The molecule has 1 fully saturated rings. The molecule has 0 bridgehead atoms. The number of fused-ring (bicyclic) bond motifs is 3. The fourth-order valence-corrected chi connectivity index (χ4v) is 6.20. The minimum absolute atomic E-state index is 0.0653. The van der Waals surface area contributed by atoms with E-state index < -0.39 is 11.1 Å². The van der Waals surface area contributed by atoms with Gasteiger partial charge >= 0.3 is 0 Å². The first-order chi connectivity index (χ1) is 16.5. The van der Waals surface area contributed by atoms with E-state index in [0.29, 0.717) is 25.3 Å². The second-order valence-corrected chi connectivity index (χ2v) is 9.54. The van der Waals surface area contributed by atoms with Crippen molar-refractivity contribution < 1.29 is 14.7 Å². The van der Waals surface area contributed by atoms with Gasteiger partial charge in [0.15, 0.2) is 5.60 Å². The Balaban J connectivity index is 1.86. The van der Waals surface area contributed by atoms with Crippen molar-refractivity contribution in [2.75, 3.05) is 20.3 Å². The lowest BCUT2D eigenvalue weighted by atomic mass is 9.68. The van der Waals surface area contributed by atoms with E-state index in [4.69, 9.17) is 9.47 Å². The molecule has 3 aromatic carbocycles. The number of benzene rings is 3. The molecule has 0 amide bonds. The van der Waals surface area contributed by atoms with Gasteiger partial charge in [-0.1, -0.05) is 71.4 Å². The monoisotopic (exact) mass is 456 g/mol. The third kappa shape index (κ3) is 3.11. The molecular formula is C29H32N2O3. The van der Waals surface area contributed by atoms with Crippen LogP contribution in [0.25, 0.3) is 0 Å². The van der Waals surface area contributed by atoms with Crippen LogP contribution in [0.4, 0.5) is 0 Å². The van der Waals surface area contributed by atoms with Gasteiger partial charge in [-0.3, -0.25) is 5.32 Å². The molecule has 1 aliphatic heterocycles. The largest absolute Gasteiger partial charge is 0.479 e. The summed E-state index contributed by atoms with van der Waals surface area (Å²) in [7, 11) is 1.70. The van der Waals surface area contributed by atoms with E-state index in [2.05, 4.69) is 91.9 Å². The Hall–Kier alpha value is -3.15. The molecule has 3 aromatic rings. The number of hydrogen-bond donors (Lipinski definition) is 2. The van der Waals surface area contributed by atoms with Crippen LogP contribution in [0.3, 0.4) is 0 Å². The number of aryl methyl sites for hydroxylation is 3. The Bertz CT molecular complexity index is 1220. The summed E-state index contributed by atoms with van der Waals surface area (Å²) in [6.07, 6.45) is 0.571. The SMILES string of the molecule is COCCN[C@@]12/C(=N/O)C[C@@H](c3ccccc3)[C@]1(c1ccc(C)cc1)Oc1cc(C)cc(C)c12. The highest BCUT2D eigenvalue weighted by Crippen LogP contribution is 2.66. The average molecular weight is 457 g/mol. The van der Waals surface area contributed by atoms with Crippen LogP contribution < -0.4 is 10.1 Å². The molecule has 0 unspecified atom stereocenters. The summed E-state index contributed by atoms with van der Waals surface area (Å²) < 4.78 is 12.6. The molecule has 3 atom stereocenters. The van der Waals surface area contributed by atoms with E-state index in [1.165, 1.54) is 5.56 Å². The number of oxime groups is 1. The van der Waals surface area contributed by atoms with Crippen LogP contribution in [0.15, 0.2) is 71.9 Å². The number of ether oxygens (including phenoxy) is 2. The van der Waals surface area contributed by atoms with Crippen molar-refractivity contribution in [1.29, 1.82) is 0 Å². The second-order valence-electron chi connectivity index (χ2n) is 9.54. The van der Waals surface area contributed by atoms with Crippen LogP contribution in [0.2, 0.25) is 0 Å². The first-order valence-electron chi connectivity index (χ1n) is 11.9. The molecule has 2 aliphatic rings. The summed E-state index contributed by atoms with van der Waals surface area (Å²) in [6, 6.07) is 23.3. The minimum Gasteiger partial charge on any atom is -0.479 e. The van der Waals surface area contributed by atoms with Gasteiger partial charge in [0.2, 0.25) is 0 Å². The molecule has 5 nitrogen and oxygen atoms in total.